The average Bonchev–Trinajstić information content (AvgIpc) is 3.63. The fourth-order valence-corrected chi connectivity index (χ4v) is 4.36. The second-order valence-electron chi connectivity index (χ2n) is 9.36. The van der Waals surface area contributed by atoms with Crippen LogP contribution in [0.4, 0.5) is 0 Å². The maximum atomic E-state index is 13.3. The molecule has 3 heterocycles. The first-order valence-electron chi connectivity index (χ1n) is 12.3. The molecule has 0 unspecified atom stereocenters. The van der Waals surface area contributed by atoms with Gasteiger partial charge in [-0.05, 0) is 97.9 Å². The molecule has 0 bridgehead atoms. The Bertz CT molecular complexity index is 1440. The van der Waals surface area contributed by atoms with Crippen LogP contribution >= 0.6 is 0 Å². The van der Waals surface area contributed by atoms with Gasteiger partial charge in [0.15, 0.2) is 0 Å². The Kier molecular flexibility index (Phi) is 6.57. The first-order chi connectivity index (χ1) is 17.5. The molecule has 2 aliphatic rings. The minimum atomic E-state index is -0.452. The molecule has 184 valence electrons. The summed E-state index contributed by atoms with van der Waals surface area (Å²) in [7, 11) is 1.59. The molecule has 0 spiro atoms. The normalized spacial score (nSPS) is 15.3. The second-order valence-corrected chi connectivity index (χ2v) is 9.36. The highest BCUT2D eigenvalue weighted by Gasteiger charge is 2.47. The Hall–Kier alpha value is -3.97. The van der Waals surface area contributed by atoms with E-state index in [1.807, 2.05) is 37.3 Å². The molecule has 4 aromatic rings. The van der Waals surface area contributed by atoms with Gasteiger partial charge in [-0.3, -0.25) is 14.6 Å². The van der Waals surface area contributed by atoms with Crippen molar-refractivity contribution >= 4 is 16.8 Å². The molecule has 2 aromatic heterocycles. The van der Waals surface area contributed by atoms with E-state index in [9.17, 15) is 9.59 Å². The first-order valence-corrected chi connectivity index (χ1v) is 12.3. The van der Waals surface area contributed by atoms with Crippen LogP contribution in [0.15, 0.2) is 71.8 Å². The molecule has 1 amide bonds. The molecular weight excluding hydrogens is 452 g/mol. The van der Waals surface area contributed by atoms with Gasteiger partial charge < -0.3 is 20.4 Å². The number of carbonyl (C=O) groups excluding carboxylic acids is 1. The lowest BCUT2D eigenvalue weighted by Gasteiger charge is -2.22. The minimum absolute atomic E-state index is 0.120. The molecule has 36 heavy (non-hydrogen) atoms. The molecule has 7 heteroatoms. The van der Waals surface area contributed by atoms with Gasteiger partial charge in [0.25, 0.3) is 5.91 Å². The summed E-state index contributed by atoms with van der Waals surface area (Å²) >= 11 is 0. The zero-order valence-electron chi connectivity index (χ0n) is 20.6. The largest absolute Gasteiger partial charge is 0.497 e. The summed E-state index contributed by atoms with van der Waals surface area (Å²) in [5.74, 6) is 0.533. The summed E-state index contributed by atoms with van der Waals surface area (Å²) in [5.41, 5.74) is 4.63. The number of carbonyl (C=O) groups is 1. The van der Waals surface area contributed by atoms with Crippen LogP contribution in [0.25, 0.3) is 22.0 Å². The molecular formula is C29H30N4O3. The molecule has 2 fully saturated rings. The van der Waals surface area contributed by atoms with Gasteiger partial charge in [0.05, 0.1) is 18.2 Å². The Labute approximate surface area is 209 Å². The lowest BCUT2D eigenvalue weighted by molar-refractivity contribution is 0.0930. The van der Waals surface area contributed by atoms with Gasteiger partial charge >= 0.3 is 0 Å². The number of H-pyrrole nitrogens is 1. The summed E-state index contributed by atoms with van der Waals surface area (Å²) in [6.07, 6.45) is 6.55. The number of hydrogen-bond donors (Lipinski definition) is 3. The fraction of sp³-hybridized carbons (Fsp3) is 0.276. The smallest absolute Gasteiger partial charge is 0.252 e. The predicted molar refractivity (Wildman–Crippen MR) is 141 cm³/mol. The topological polar surface area (TPSA) is 96.1 Å². The van der Waals surface area contributed by atoms with Crippen LogP contribution in [0, 0.1) is 6.92 Å². The molecule has 0 radical (unpaired) electrons. The summed E-state index contributed by atoms with van der Waals surface area (Å²) in [5, 5.41) is 7.42. The van der Waals surface area contributed by atoms with E-state index < -0.39 is 5.54 Å². The number of methoxy groups -OCH3 is 1. The number of fused-ring (bicyclic) bond motifs is 1. The molecule has 0 atom stereocenters. The SMILES string of the molecule is C1CNC1.COc1ccc(C)c(C(=O)NC2(c3cc(-c4ccc(=O)[nH]c4)cc4ncccc34)CC2)c1. The molecule has 6 rings (SSSR count). The highest BCUT2D eigenvalue weighted by atomic mass is 16.5. The Balaban J connectivity index is 0.000000608. The maximum absolute atomic E-state index is 13.3. The summed E-state index contributed by atoms with van der Waals surface area (Å²) in [6.45, 7) is 4.42. The van der Waals surface area contributed by atoms with Crippen LogP contribution in [0.3, 0.4) is 0 Å². The van der Waals surface area contributed by atoms with E-state index in [0.29, 0.717) is 11.3 Å². The maximum Gasteiger partial charge on any atom is 0.252 e. The van der Waals surface area contributed by atoms with Crippen LogP contribution in [0.2, 0.25) is 0 Å². The Morgan fingerprint density at radius 3 is 2.47 bits per heavy atom. The van der Waals surface area contributed by atoms with Crippen molar-refractivity contribution in [2.24, 2.45) is 0 Å². The van der Waals surface area contributed by atoms with Gasteiger partial charge in [-0.15, -0.1) is 0 Å². The lowest BCUT2D eigenvalue weighted by Crippen LogP contribution is -2.35. The van der Waals surface area contributed by atoms with Crippen LogP contribution in [0.1, 0.15) is 40.7 Å². The van der Waals surface area contributed by atoms with Crippen molar-refractivity contribution in [2.75, 3.05) is 20.2 Å². The van der Waals surface area contributed by atoms with Gasteiger partial charge in [-0.2, -0.15) is 0 Å². The zero-order chi connectivity index (χ0) is 25.1. The van der Waals surface area contributed by atoms with Gasteiger partial charge in [-0.25, -0.2) is 0 Å². The molecule has 1 aliphatic carbocycles. The van der Waals surface area contributed by atoms with Gasteiger partial charge in [0.1, 0.15) is 5.75 Å². The number of hydrogen-bond acceptors (Lipinski definition) is 5. The summed E-state index contributed by atoms with van der Waals surface area (Å²) < 4.78 is 5.31. The summed E-state index contributed by atoms with van der Waals surface area (Å²) in [4.78, 5) is 32.1. The average molecular weight is 483 g/mol. The van der Waals surface area contributed by atoms with E-state index in [-0.39, 0.29) is 11.5 Å². The standard InChI is InChI=1S/C26H23N3O3.C3H7N/c1-16-5-7-19(32-2)14-21(16)25(31)29-26(9-10-26)22-12-18(17-6-8-24(30)28-15-17)13-23-20(22)4-3-11-27-23;1-2-4-3-1/h3-8,11-15H,9-10H2,1-2H3,(H,28,30)(H,29,31);4H,1-3H2. The van der Waals surface area contributed by atoms with Crippen LogP contribution < -0.4 is 20.9 Å². The van der Waals surface area contributed by atoms with Crippen LogP contribution in [-0.4, -0.2) is 36.1 Å². The third-order valence-corrected chi connectivity index (χ3v) is 6.85. The lowest BCUT2D eigenvalue weighted by atomic mass is 9.93. The Morgan fingerprint density at radius 1 is 1.06 bits per heavy atom. The highest BCUT2D eigenvalue weighted by molar-refractivity contribution is 5.98. The van der Waals surface area contributed by atoms with Crippen molar-refractivity contribution < 1.29 is 9.53 Å². The van der Waals surface area contributed by atoms with E-state index in [1.54, 1.807) is 31.6 Å². The van der Waals surface area contributed by atoms with E-state index in [0.717, 1.165) is 46.0 Å². The van der Waals surface area contributed by atoms with E-state index >= 15 is 0 Å². The van der Waals surface area contributed by atoms with Crippen LogP contribution in [0.5, 0.6) is 5.75 Å². The fourth-order valence-electron chi connectivity index (χ4n) is 4.36. The number of ether oxygens (including phenoxy) is 1. The highest BCUT2D eigenvalue weighted by Crippen LogP contribution is 2.49. The van der Waals surface area contributed by atoms with Gasteiger partial charge in [0.2, 0.25) is 5.56 Å². The number of aryl methyl sites for hydroxylation is 1. The molecule has 3 N–H and O–H groups in total. The molecule has 1 saturated carbocycles. The van der Waals surface area contributed by atoms with Crippen LogP contribution in [-0.2, 0) is 5.54 Å². The third-order valence-electron chi connectivity index (χ3n) is 6.85. The second kappa shape index (κ2) is 9.95. The van der Waals surface area contributed by atoms with Crippen molar-refractivity contribution in [3.8, 4) is 16.9 Å². The molecule has 1 aliphatic heterocycles. The van der Waals surface area contributed by atoms with E-state index in [4.69, 9.17) is 4.74 Å². The van der Waals surface area contributed by atoms with Crippen molar-refractivity contribution in [2.45, 2.75) is 31.7 Å². The molecule has 2 aromatic carbocycles. The molecule has 1 saturated heterocycles. The number of benzene rings is 2. The first kappa shape index (κ1) is 23.8. The van der Waals surface area contributed by atoms with E-state index in [1.165, 1.54) is 25.6 Å². The van der Waals surface area contributed by atoms with Crippen molar-refractivity contribution in [3.05, 3.63) is 94.0 Å². The number of amides is 1. The number of rotatable bonds is 5. The minimum Gasteiger partial charge on any atom is -0.497 e. The quantitative estimate of drug-likeness (QED) is 0.394. The third kappa shape index (κ3) is 4.88. The number of aromatic nitrogens is 2. The number of pyridine rings is 2. The van der Waals surface area contributed by atoms with Gasteiger partial charge in [-0.1, -0.05) is 12.1 Å². The number of nitrogens with one attached hydrogen (secondary N) is 3. The monoisotopic (exact) mass is 482 g/mol. The van der Waals surface area contributed by atoms with Crippen molar-refractivity contribution in [1.82, 2.24) is 20.6 Å². The number of aromatic amines is 1. The predicted octanol–water partition coefficient (Wildman–Crippen LogP) is 4.31. The van der Waals surface area contributed by atoms with Gasteiger partial charge in [0, 0.05) is 29.4 Å². The zero-order valence-corrected chi connectivity index (χ0v) is 20.6. The van der Waals surface area contributed by atoms with Crippen molar-refractivity contribution in [1.29, 1.82) is 0 Å². The molecule has 7 nitrogen and oxygen atoms in total. The summed E-state index contributed by atoms with van der Waals surface area (Å²) in [6, 6.07) is 16.9. The number of nitrogens with zero attached hydrogens (tertiary/aromatic N) is 1. The van der Waals surface area contributed by atoms with Crippen molar-refractivity contribution in [3.63, 3.8) is 0 Å². The Morgan fingerprint density at radius 2 is 1.83 bits per heavy atom. The van der Waals surface area contributed by atoms with E-state index in [2.05, 4.69) is 26.7 Å².